The first-order chi connectivity index (χ1) is 17.3. The van der Waals surface area contributed by atoms with Gasteiger partial charge in [-0.3, -0.25) is 9.29 Å². The van der Waals surface area contributed by atoms with Crippen LogP contribution in [-0.2, 0) is 19.5 Å². The zero-order valence-electron chi connectivity index (χ0n) is 20.0. The molecule has 0 spiro atoms. The molecule has 4 heterocycles. The predicted octanol–water partition coefficient (Wildman–Crippen LogP) is 1.89. The second kappa shape index (κ2) is 10.9. The van der Waals surface area contributed by atoms with Crippen molar-refractivity contribution in [3.63, 3.8) is 0 Å². The molecule has 1 fully saturated rings. The van der Waals surface area contributed by atoms with Crippen LogP contribution in [0.3, 0.4) is 0 Å². The highest BCUT2D eigenvalue weighted by molar-refractivity contribution is 7.93. The number of aromatic nitrogens is 7. The second-order valence-corrected chi connectivity index (χ2v) is 10.2. The fraction of sp³-hybridized carbons (Fsp3) is 0.500. The Morgan fingerprint density at radius 1 is 1.11 bits per heavy atom. The van der Waals surface area contributed by atoms with Crippen molar-refractivity contribution in [1.29, 1.82) is 0 Å². The van der Waals surface area contributed by atoms with Gasteiger partial charge in [-0.25, -0.2) is 18.4 Å². The Balaban J connectivity index is 1.77. The van der Waals surface area contributed by atoms with E-state index in [9.17, 15) is 8.42 Å². The Morgan fingerprint density at radius 3 is 2.33 bits per heavy atom. The summed E-state index contributed by atoms with van der Waals surface area (Å²) < 4.78 is 52.9. The van der Waals surface area contributed by atoms with Crippen LogP contribution in [0.25, 0.3) is 5.69 Å². The standard InChI is InChI=1S/C20H25ClN8O6S/c1-11(15(32-2)16-22-8-12(21)9-23-16)36(30,31)28-20-27-26-17(13-6-5-7-35-13)29(20)14-18(33-3)24-10-25-19(14)34-4/h8-11,13,15H,5-7H2,1-4H3,(H,27,28)/t11?,13-,15?/m1/s1. The number of nitrogens with zero attached hydrogens (tertiary/aromatic N) is 7. The number of hydrogen-bond donors (Lipinski definition) is 1. The fourth-order valence-corrected chi connectivity index (χ4v) is 5.00. The summed E-state index contributed by atoms with van der Waals surface area (Å²) in [4.78, 5) is 16.5. The van der Waals surface area contributed by atoms with Gasteiger partial charge < -0.3 is 18.9 Å². The maximum atomic E-state index is 13.5. The van der Waals surface area contributed by atoms with Crippen LogP contribution in [0.15, 0.2) is 18.7 Å². The van der Waals surface area contributed by atoms with Gasteiger partial charge >= 0.3 is 0 Å². The molecule has 4 rings (SSSR count). The number of methoxy groups -OCH3 is 3. The molecule has 3 atom stereocenters. The average molecular weight is 541 g/mol. The van der Waals surface area contributed by atoms with Crippen LogP contribution in [0.4, 0.5) is 5.95 Å². The van der Waals surface area contributed by atoms with Gasteiger partial charge in [0.1, 0.15) is 23.8 Å². The lowest BCUT2D eigenvalue weighted by Crippen LogP contribution is -2.33. The number of ether oxygens (including phenoxy) is 4. The molecule has 1 N–H and O–H groups in total. The van der Waals surface area contributed by atoms with Gasteiger partial charge in [0.2, 0.25) is 27.7 Å². The molecule has 3 aromatic rings. The zero-order valence-corrected chi connectivity index (χ0v) is 21.5. The predicted molar refractivity (Wildman–Crippen MR) is 127 cm³/mol. The lowest BCUT2D eigenvalue weighted by Gasteiger charge is -2.22. The van der Waals surface area contributed by atoms with Crippen LogP contribution in [-0.4, -0.2) is 76.3 Å². The maximum Gasteiger partial charge on any atom is 0.245 e. The van der Waals surface area contributed by atoms with Crippen molar-refractivity contribution in [2.45, 2.75) is 37.2 Å². The molecule has 0 radical (unpaired) electrons. The highest BCUT2D eigenvalue weighted by Crippen LogP contribution is 2.37. The Morgan fingerprint density at radius 2 is 1.78 bits per heavy atom. The van der Waals surface area contributed by atoms with Gasteiger partial charge in [-0.05, 0) is 19.8 Å². The molecule has 3 aromatic heterocycles. The van der Waals surface area contributed by atoms with Crippen LogP contribution in [0, 0.1) is 0 Å². The van der Waals surface area contributed by atoms with E-state index in [2.05, 4.69) is 34.9 Å². The molecule has 194 valence electrons. The number of halogens is 1. The minimum Gasteiger partial charge on any atom is -0.479 e. The van der Waals surface area contributed by atoms with Crippen molar-refractivity contribution in [1.82, 2.24) is 34.7 Å². The topological polar surface area (TPSA) is 165 Å². The summed E-state index contributed by atoms with van der Waals surface area (Å²) in [6.45, 7) is 1.99. The Hall–Kier alpha value is -3.14. The monoisotopic (exact) mass is 540 g/mol. The molecule has 16 heteroatoms. The molecule has 14 nitrogen and oxygen atoms in total. The number of sulfonamides is 1. The minimum atomic E-state index is -4.14. The van der Waals surface area contributed by atoms with E-state index in [1.807, 2.05) is 0 Å². The van der Waals surface area contributed by atoms with Crippen LogP contribution in [0.2, 0.25) is 5.02 Å². The SMILES string of the molecule is COc1ncnc(OC)c1-n1c(NS(=O)(=O)C(C)C(OC)c2ncc(Cl)cn2)nnc1[C@H]1CCCO1. The number of rotatable bonds is 10. The third-order valence-electron chi connectivity index (χ3n) is 5.57. The highest BCUT2D eigenvalue weighted by atomic mass is 35.5. The maximum absolute atomic E-state index is 13.5. The van der Waals surface area contributed by atoms with E-state index in [0.717, 1.165) is 6.42 Å². The molecule has 1 aliphatic heterocycles. The molecule has 0 amide bonds. The van der Waals surface area contributed by atoms with E-state index in [1.165, 1.54) is 51.5 Å². The molecule has 0 bridgehead atoms. The summed E-state index contributed by atoms with van der Waals surface area (Å²) in [6, 6.07) is 0. The summed E-state index contributed by atoms with van der Waals surface area (Å²) in [5.74, 6) is 0.609. The van der Waals surface area contributed by atoms with Crippen molar-refractivity contribution >= 4 is 27.6 Å². The van der Waals surface area contributed by atoms with Crippen molar-refractivity contribution in [3.8, 4) is 17.4 Å². The molecule has 2 unspecified atom stereocenters. The van der Waals surface area contributed by atoms with E-state index >= 15 is 0 Å². The van der Waals surface area contributed by atoms with Crippen LogP contribution < -0.4 is 14.2 Å². The first kappa shape index (κ1) is 25.9. The summed E-state index contributed by atoms with van der Waals surface area (Å²) in [5.41, 5.74) is 0.215. The Kier molecular flexibility index (Phi) is 7.82. The van der Waals surface area contributed by atoms with E-state index in [1.54, 1.807) is 0 Å². The number of anilines is 1. The largest absolute Gasteiger partial charge is 0.479 e. The van der Waals surface area contributed by atoms with Gasteiger partial charge in [0.25, 0.3) is 0 Å². The molecule has 36 heavy (non-hydrogen) atoms. The summed E-state index contributed by atoms with van der Waals surface area (Å²) in [5, 5.41) is 7.50. The minimum absolute atomic E-state index is 0.124. The summed E-state index contributed by atoms with van der Waals surface area (Å²) in [7, 11) is 0.0659. The molecule has 0 aliphatic carbocycles. The molecule has 0 aromatic carbocycles. The molecule has 1 saturated heterocycles. The lowest BCUT2D eigenvalue weighted by molar-refractivity contribution is 0.0950. The normalized spacial score (nSPS) is 17.5. The van der Waals surface area contributed by atoms with Crippen LogP contribution in [0.1, 0.15) is 43.6 Å². The third kappa shape index (κ3) is 5.04. The van der Waals surface area contributed by atoms with E-state index in [0.29, 0.717) is 23.9 Å². The highest BCUT2D eigenvalue weighted by Gasteiger charge is 2.36. The summed E-state index contributed by atoms with van der Waals surface area (Å²) >= 11 is 5.86. The smallest absolute Gasteiger partial charge is 0.245 e. The van der Waals surface area contributed by atoms with Gasteiger partial charge in [0.05, 0.1) is 19.2 Å². The number of nitrogens with one attached hydrogen (secondary N) is 1. The Bertz CT molecular complexity index is 1280. The number of hydrogen-bond acceptors (Lipinski definition) is 12. The Labute approximate surface area is 212 Å². The zero-order chi connectivity index (χ0) is 25.9. The van der Waals surface area contributed by atoms with Gasteiger partial charge in [-0.2, -0.15) is 9.97 Å². The van der Waals surface area contributed by atoms with E-state index in [4.69, 9.17) is 30.5 Å². The van der Waals surface area contributed by atoms with Crippen molar-refractivity contribution in [2.24, 2.45) is 0 Å². The van der Waals surface area contributed by atoms with Crippen LogP contribution in [0.5, 0.6) is 11.8 Å². The fourth-order valence-electron chi connectivity index (χ4n) is 3.77. The first-order valence-electron chi connectivity index (χ1n) is 10.8. The van der Waals surface area contributed by atoms with Crippen molar-refractivity contribution in [2.75, 3.05) is 32.7 Å². The molecule has 0 saturated carbocycles. The first-order valence-corrected chi connectivity index (χ1v) is 12.7. The molecular weight excluding hydrogens is 516 g/mol. The van der Waals surface area contributed by atoms with Crippen LogP contribution >= 0.6 is 11.6 Å². The van der Waals surface area contributed by atoms with Gasteiger partial charge in [-0.15, -0.1) is 10.2 Å². The van der Waals surface area contributed by atoms with Gasteiger partial charge in [-0.1, -0.05) is 11.6 Å². The molecule has 1 aliphatic rings. The third-order valence-corrected chi connectivity index (χ3v) is 7.46. The van der Waals surface area contributed by atoms with Crippen molar-refractivity contribution in [3.05, 3.63) is 35.4 Å². The quantitative estimate of drug-likeness (QED) is 0.397. The molecular formula is C20H25ClN8O6S. The van der Waals surface area contributed by atoms with E-state index in [-0.39, 0.29) is 29.2 Å². The lowest BCUT2D eigenvalue weighted by atomic mass is 10.2. The van der Waals surface area contributed by atoms with Crippen molar-refractivity contribution < 1.29 is 27.4 Å². The van der Waals surface area contributed by atoms with Gasteiger partial charge in [0.15, 0.2) is 17.3 Å². The van der Waals surface area contributed by atoms with E-state index < -0.39 is 27.5 Å². The summed E-state index contributed by atoms with van der Waals surface area (Å²) in [6.07, 6.45) is 4.03. The second-order valence-electron chi connectivity index (χ2n) is 7.73. The average Bonchev–Trinajstić information content (AvgIpc) is 3.54. The van der Waals surface area contributed by atoms with Gasteiger partial charge in [0, 0.05) is 26.1 Å².